The van der Waals surface area contributed by atoms with Crippen molar-refractivity contribution in [2.75, 3.05) is 20.3 Å². The van der Waals surface area contributed by atoms with Crippen molar-refractivity contribution in [3.05, 3.63) is 42.5 Å². The first-order valence-electron chi connectivity index (χ1n) is 8.71. The Morgan fingerprint density at radius 2 is 2.36 bits per heavy atom. The second kappa shape index (κ2) is 6.43. The average Bonchev–Trinajstić information content (AvgIpc) is 3.21. The number of hydrogen-bond donors (Lipinski definition) is 1. The number of nitrogens with one attached hydrogen (secondary N) is 1. The van der Waals surface area contributed by atoms with Gasteiger partial charge < -0.3 is 19.4 Å². The maximum atomic E-state index is 12.6. The van der Waals surface area contributed by atoms with Gasteiger partial charge in [0.15, 0.2) is 11.5 Å². The van der Waals surface area contributed by atoms with Crippen molar-refractivity contribution in [1.29, 1.82) is 0 Å². The van der Waals surface area contributed by atoms with Gasteiger partial charge in [-0.25, -0.2) is 4.98 Å². The fourth-order valence-electron chi connectivity index (χ4n) is 3.48. The molecule has 1 fully saturated rings. The molecule has 2 aliphatic rings. The highest BCUT2D eigenvalue weighted by Gasteiger charge is 2.43. The first-order valence-corrected chi connectivity index (χ1v) is 8.71. The normalized spacial score (nSPS) is 20.3. The number of fused-ring (bicyclic) bond motifs is 1. The van der Waals surface area contributed by atoms with E-state index in [9.17, 15) is 4.79 Å². The molecule has 0 radical (unpaired) electrons. The molecule has 1 aromatic heterocycles. The highest BCUT2D eigenvalue weighted by molar-refractivity contribution is 5.79. The summed E-state index contributed by atoms with van der Waals surface area (Å²) in [5, 5.41) is 3.14. The number of imidazole rings is 1. The van der Waals surface area contributed by atoms with Crippen LogP contribution >= 0.6 is 0 Å². The Kier molecular flexibility index (Phi) is 4.11. The summed E-state index contributed by atoms with van der Waals surface area (Å²) in [4.78, 5) is 16.7. The van der Waals surface area contributed by atoms with Crippen molar-refractivity contribution in [3.8, 4) is 11.5 Å². The van der Waals surface area contributed by atoms with Crippen LogP contribution in [0.2, 0.25) is 0 Å². The van der Waals surface area contributed by atoms with Crippen LogP contribution in [0.3, 0.4) is 0 Å². The molecule has 0 bridgehead atoms. The largest absolute Gasteiger partial charge is 0.493 e. The number of aromatic nitrogens is 2. The van der Waals surface area contributed by atoms with Gasteiger partial charge in [-0.15, -0.1) is 0 Å². The summed E-state index contributed by atoms with van der Waals surface area (Å²) < 4.78 is 13.2. The van der Waals surface area contributed by atoms with E-state index in [1.807, 2.05) is 30.7 Å². The molecule has 25 heavy (non-hydrogen) atoms. The summed E-state index contributed by atoms with van der Waals surface area (Å²) in [6.45, 7) is 2.02. The lowest BCUT2D eigenvalue weighted by molar-refractivity contribution is -0.126. The fraction of sp³-hybridized carbons (Fsp3) is 0.474. The number of methoxy groups -OCH3 is 1. The molecule has 0 unspecified atom stereocenters. The molecule has 1 N–H and O–H groups in total. The smallest absolute Gasteiger partial charge is 0.226 e. The minimum Gasteiger partial charge on any atom is -0.493 e. The van der Waals surface area contributed by atoms with E-state index < -0.39 is 0 Å². The minimum atomic E-state index is -0.149. The van der Waals surface area contributed by atoms with Gasteiger partial charge in [-0.3, -0.25) is 4.79 Å². The van der Waals surface area contributed by atoms with Crippen LogP contribution in [0.5, 0.6) is 11.5 Å². The molecular formula is C19H23N3O3. The highest BCUT2D eigenvalue weighted by atomic mass is 16.5. The van der Waals surface area contributed by atoms with E-state index in [4.69, 9.17) is 9.47 Å². The van der Waals surface area contributed by atoms with Crippen LogP contribution in [0.15, 0.2) is 36.9 Å². The van der Waals surface area contributed by atoms with Gasteiger partial charge in [0.1, 0.15) is 6.61 Å². The highest BCUT2D eigenvalue weighted by Crippen LogP contribution is 2.46. The zero-order valence-electron chi connectivity index (χ0n) is 14.4. The van der Waals surface area contributed by atoms with Crippen molar-refractivity contribution in [2.24, 2.45) is 11.3 Å². The molecule has 2 heterocycles. The van der Waals surface area contributed by atoms with Gasteiger partial charge in [-0.05, 0) is 30.9 Å². The topological polar surface area (TPSA) is 65.4 Å². The van der Waals surface area contributed by atoms with Crippen molar-refractivity contribution >= 4 is 5.91 Å². The van der Waals surface area contributed by atoms with Crippen molar-refractivity contribution < 1.29 is 14.3 Å². The number of nitrogens with zero attached hydrogens (tertiary/aromatic N) is 2. The lowest BCUT2D eigenvalue weighted by Gasteiger charge is -2.26. The van der Waals surface area contributed by atoms with Crippen molar-refractivity contribution in [2.45, 2.75) is 25.8 Å². The van der Waals surface area contributed by atoms with Crippen LogP contribution in [0.1, 0.15) is 18.4 Å². The Bertz CT molecular complexity index is 753. The van der Waals surface area contributed by atoms with Crippen molar-refractivity contribution in [1.82, 2.24) is 14.9 Å². The van der Waals surface area contributed by atoms with Gasteiger partial charge in [0.25, 0.3) is 0 Å². The number of ether oxygens (including phenoxy) is 2. The molecule has 0 spiro atoms. The zero-order chi connectivity index (χ0) is 17.3. The fourth-order valence-corrected chi connectivity index (χ4v) is 3.48. The number of benzene rings is 1. The van der Waals surface area contributed by atoms with Crippen LogP contribution in [-0.4, -0.2) is 35.7 Å². The Morgan fingerprint density at radius 1 is 1.48 bits per heavy atom. The number of amides is 1. The van der Waals surface area contributed by atoms with Crippen molar-refractivity contribution in [3.63, 3.8) is 0 Å². The summed E-state index contributed by atoms with van der Waals surface area (Å²) in [6.07, 6.45) is 8.58. The summed E-state index contributed by atoms with van der Waals surface area (Å²) >= 11 is 0. The van der Waals surface area contributed by atoms with E-state index in [-0.39, 0.29) is 17.2 Å². The monoisotopic (exact) mass is 341 g/mol. The van der Waals surface area contributed by atoms with Gasteiger partial charge in [0.05, 0.1) is 19.4 Å². The van der Waals surface area contributed by atoms with E-state index in [2.05, 4.69) is 14.9 Å². The van der Waals surface area contributed by atoms with Crippen LogP contribution in [0, 0.1) is 11.3 Å². The molecule has 132 valence electrons. The molecular weight excluding hydrogens is 318 g/mol. The number of carbonyl (C=O) groups is 1. The second-order valence-electron chi connectivity index (χ2n) is 7.11. The van der Waals surface area contributed by atoms with E-state index in [0.717, 1.165) is 36.4 Å². The summed E-state index contributed by atoms with van der Waals surface area (Å²) in [6, 6.07) is 5.82. The van der Waals surface area contributed by atoms with Gasteiger partial charge >= 0.3 is 0 Å². The predicted molar refractivity (Wildman–Crippen MR) is 92.6 cm³/mol. The van der Waals surface area contributed by atoms with E-state index in [0.29, 0.717) is 19.6 Å². The summed E-state index contributed by atoms with van der Waals surface area (Å²) in [5.41, 5.74) is 1.22. The second-order valence-corrected chi connectivity index (χ2v) is 7.11. The Hall–Kier alpha value is -2.50. The molecule has 6 nitrogen and oxygen atoms in total. The van der Waals surface area contributed by atoms with Gasteiger partial charge in [0, 0.05) is 30.9 Å². The Balaban J connectivity index is 1.34. The van der Waals surface area contributed by atoms with Gasteiger partial charge in [-0.2, -0.15) is 0 Å². The molecule has 0 saturated heterocycles. The molecule has 1 atom stereocenters. The maximum absolute atomic E-state index is 12.6. The minimum absolute atomic E-state index is 0.0744. The SMILES string of the molecule is COc1cccc2c1OC[C@H](C(=O)NCC1(Cn3ccnc3)CC1)C2. The van der Waals surface area contributed by atoms with Gasteiger partial charge in [-0.1, -0.05) is 12.1 Å². The average molecular weight is 341 g/mol. The lowest BCUT2D eigenvalue weighted by Crippen LogP contribution is -2.40. The number of para-hydroxylation sites is 1. The molecule has 4 rings (SSSR count). The number of rotatable bonds is 6. The van der Waals surface area contributed by atoms with E-state index in [1.165, 1.54) is 0 Å². The Morgan fingerprint density at radius 3 is 3.08 bits per heavy atom. The molecule has 1 amide bonds. The van der Waals surface area contributed by atoms with E-state index >= 15 is 0 Å². The third-order valence-electron chi connectivity index (χ3n) is 5.22. The van der Waals surface area contributed by atoms with Crippen LogP contribution < -0.4 is 14.8 Å². The van der Waals surface area contributed by atoms with Crippen LogP contribution in [0.4, 0.5) is 0 Å². The third-order valence-corrected chi connectivity index (χ3v) is 5.22. The maximum Gasteiger partial charge on any atom is 0.226 e. The van der Waals surface area contributed by atoms with Gasteiger partial charge in [0.2, 0.25) is 5.91 Å². The first kappa shape index (κ1) is 16.0. The summed E-state index contributed by atoms with van der Waals surface area (Å²) in [7, 11) is 1.63. The predicted octanol–water partition coefficient (Wildman–Crippen LogP) is 2.04. The first-order chi connectivity index (χ1) is 12.2. The molecule has 1 saturated carbocycles. The summed E-state index contributed by atoms with van der Waals surface area (Å²) in [5.74, 6) is 1.43. The van der Waals surface area contributed by atoms with Crippen LogP contribution in [0.25, 0.3) is 0 Å². The molecule has 1 aromatic carbocycles. The lowest BCUT2D eigenvalue weighted by atomic mass is 9.95. The molecule has 1 aliphatic heterocycles. The standard InChI is InChI=1S/C19H23N3O3/c1-24-16-4-2-3-14-9-15(10-25-17(14)16)18(23)21-11-19(5-6-19)12-22-8-7-20-13-22/h2-4,7-8,13,15H,5-6,9-12H2,1H3,(H,21,23)/t15-/m1/s1. The molecule has 6 heteroatoms. The zero-order valence-corrected chi connectivity index (χ0v) is 14.4. The Labute approximate surface area is 147 Å². The molecule has 2 aromatic rings. The third kappa shape index (κ3) is 3.34. The molecule has 1 aliphatic carbocycles. The van der Waals surface area contributed by atoms with E-state index in [1.54, 1.807) is 13.3 Å². The number of carbonyl (C=O) groups excluding carboxylic acids is 1. The van der Waals surface area contributed by atoms with Crippen LogP contribution in [-0.2, 0) is 17.8 Å². The number of hydrogen-bond acceptors (Lipinski definition) is 4. The quantitative estimate of drug-likeness (QED) is 0.873.